The number of carbonyl (C=O) groups is 2. The third-order valence-electron chi connectivity index (χ3n) is 2.61. The van der Waals surface area contributed by atoms with Crippen molar-refractivity contribution < 1.29 is 19.1 Å². The van der Waals surface area contributed by atoms with Crippen molar-refractivity contribution >= 4 is 50.6 Å². The number of alkyl carbamates (subject to hydrolysis) is 1. The molecule has 1 aromatic carbocycles. The van der Waals surface area contributed by atoms with Gasteiger partial charge < -0.3 is 14.8 Å². The van der Waals surface area contributed by atoms with Crippen molar-refractivity contribution in [2.24, 2.45) is 0 Å². The SMILES string of the molecule is CC(I)OC(=O)[C@@H](Cc1ccc(Br)cc1)NC(=O)OC(C)(C)C. The van der Waals surface area contributed by atoms with Gasteiger partial charge in [0.05, 0.1) is 0 Å². The highest BCUT2D eigenvalue weighted by molar-refractivity contribution is 14.1. The monoisotopic (exact) mass is 497 g/mol. The molecular formula is C16H21BrINO4. The molecular weight excluding hydrogens is 477 g/mol. The Morgan fingerprint density at radius 2 is 1.83 bits per heavy atom. The molecule has 0 radical (unpaired) electrons. The molecule has 0 bridgehead atoms. The van der Waals surface area contributed by atoms with E-state index in [0.29, 0.717) is 6.42 Å². The summed E-state index contributed by atoms with van der Waals surface area (Å²) in [7, 11) is 0. The molecule has 128 valence electrons. The van der Waals surface area contributed by atoms with Crippen molar-refractivity contribution in [3.63, 3.8) is 0 Å². The largest absolute Gasteiger partial charge is 0.450 e. The summed E-state index contributed by atoms with van der Waals surface area (Å²) < 4.78 is 11.1. The topological polar surface area (TPSA) is 64.6 Å². The van der Waals surface area contributed by atoms with Gasteiger partial charge in [0.25, 0.3) is 0 Å². The third-order valence-corrected chi connectivity index (χ3v) is 3.39. The van der Waals surface area contributed by atoms with Gasteiger partial charge in [-0.15, -0.1) is 0 Å². The minimum Gasteiger partial charge on any atom is -0.450 e. The van der Waals surface area contributed by atoms with Crippen LogP contribution in [-0.2, 0) is 20.7 Å². The lowest BCUT2D eigenvalue weighted by molar-refractivity contribution is -0.146. The highest BCUT2D eigenvalue weighted by Gasteiger charge is 2.26. The minimum atomic E-state index is -0.803. The Hall–Kier alpha value is -0.830. The van der Waals surface area contributed by atoms with Gasteiger partial charge in [0.1, 0.15) is 15.8 Å². The first kappa shape index (κ1) is 20.2. The number of alkyl halides is 1. The fraction of sp³-hybridized carbons (Fsp3) is 0.500. The maximum absolute atomic E-state index is 12.2. The van der Waals surface area contributed by atoms with Crippen molar-refractivity contribution in [2.45, 2.75) is 49.9 Å². The molecule has 0 aliphatic heterocycles. The van der Waals surface area contributed by atoms with Crippen molar-refractivity contribution in [3.8, 4) is 0 Å². The van der Waals surface area contributed by atoms with Gasteiger partial charge in [-0.3, -0.25) is 0 Å². The number of halogens is 2. The molecule has 5 nitrogen and oxygen atoms in total. The maximum Gasteiger partial charge on any atom is 0.408 e. The van der Waals surface area contributed by atoms with E-state index in [4.69, 9.17) is 9.47 Å². The Bertz CT molecular complexity index is 540. The second-order valence-electron chi connectivity index (χ2n) is 6.01. The van der Waals surface area contributed by atoms with E-state index >= 15 is 0 Å². The van der Waals surface area contributed by atoms with Crippen LogP contribution in [0.5, 0.6) is 0 Å². The summed E-state index contributed by atoms with van der Waals surface area (Å²) in [5, 5.41) is 2.59. The molecule has 23 heavy (non-hydrogen) atoms. The Labute approximate surface area is 158 Å². The molecule has 0 aliphatic carbocycles. The van der Waals surface area contributed by atoms with Crippen LogP contribution in [0.1, 0.15) is 33.3 Å². The molecule has 0 spiro atoms. The Morgan fingerprint density at radius 1 is 1.26 bits per heavy atom. The van der Waals surface area contributed by atoms with E-state index in [1.165, 1.54) is 0 Å². The van der Waals surface area contributed by atoms with Gasteiger partial charge in [0, 0.05) is 10.9 Å². The van der Waals surface area contributed by atoms with Crippen LogP contribution in [0.25, 0.3) is 0 Å². The van der Waals surface area contributed by atoms with Crippen LogP contribution in [0.15, 0.2) is 28.7 Å². The molecule has 1 unspecified atom stereocenters. The smallest absolute Gasteiger partial charge is 0.408 e. The average Bonchev–Trinajstić information content (AvgIpc) is 2.37. The van der Waals surface area contributed by atoms with Gasteiger partial charge in [-0.2, -0.15) is 0 Å². The summed E-state index contributed by atoms with van der Waals surface area (Å²) in [5.41, 5.74) is 0.277. The zero-order valence-corrected chi connectivity index (χ0v) is 17.3. The molecule has 1 rings (SSSR count). The van der Waals surface area contributed by atoms with E-state index in [2.05, 4.69) is 21.2 Å². The average molecular weight is 498 g/mol. The number of nitrogens with one attached hydrogen (secondary N) is 1. The Morgan fingerprint density at radius 3 is 2.30 bits per heavy atom. The highest BCUT2D eigenvalue weighted by atomic mass is 127. The molecule has 0 aliphatic rings. The zero-order valence-electron chi connectivity index (χ0n) is 13.6. The van der Waals surface area contributed by atoms with Gasteiger partial charge in [0.2, 0.25) is 0 Å². The molecule has 0 fully saturated rings. The second-order valence-corrected chi connectivity index (χ2v) is 8.68. The summed E-state index contributed by atoms with van der Waals surface area (Å²) in [6.07, 6.45) is -0.313. The van der Waals surface area contributed by atoms with E-state index < -0.39 is 23.7 Å². The summed E-state index contributed by atoms with van der Waals surface area (Å²) in [4.78, 5) is 24.2. The van der Waals surface area contributed by atoms with Gasteiger partial charge >= 0.3 is 12.1 Å². The van der Waals surface area contributed by atoms with E-state index in [0.717, 1.165) is 10.0 Å². The summed E-state index contributed by atoms with van der Waals surface area (Å²) in [5.74, 6) is -0.485. The molecule has 7 heteroatoms. The number of ether oxygens (including phenoxy) is 2. The molecule has 0 aromatic heterocycles. The van der Waals surface area contributed by atoms with Crippen LogP contribution in [0.3, 0.4) is 0 Å². The van der Waals surface area contributed by atoms with Crippen LogP contribution >= 0.6 is 38.5 Å². The minimum absolute atomic E-state index is 0.284. The zero-order chi connectivity index (χ0) is 17.6. The number of rotatable bonds is 5. The molecule has 2 atom stereocenters. The highest BCUT2D eigenvalue weighted by Crippen LogP contribution is 2.14. The van der Waals surface area contributed by atoms with Gasteiger partial charge in [0.15, 0.2) is 0 Å². The van der Waals surface area contributed by atoms with Crippen molar-refractivity contribution in [2.75, 3.05) is 0 Å². The van der Waals surface area contributed by atoms with E-state index in [9.17, 15) is 9.59 Å². The maximum atomic E-state index is 12.2. The first-order chi connectivity index (χ1) is 10.6. The van der Waals surface area contributed by atoms with Crippen LogP contribution in [0.4, 0.5) is 4.79 Å². The summed E-state index contributed by atoms with van der Waals surface area (Å²) >= 11 is 5.35. The lowest BCUT2D eigenvalue weighted by atomic mass is 10.1. The van der Waals surface area contributed by atoms with Crippen molar-refractivity contribution in [3.05, 3.63) is 34.3 Å². The van der Waals surface area contributed by atoms with Crippen LogP contribution in [-0.4, -0.2) is 27.8 Å². The molecule has 1 aromatic rings. The summed E-state index contributed by atoms with van der Waals surface area (Å²) in [6.45, 7) is 7.05. The second kappa shape index (κ2) is 8.86. The number of amides is 1. The molecule has 0 saturated heterocycles. The van der Waals surface area contributed by atoms with E-state index in [1.807, 2.05) is 46.9 Å². The number of carbonyl (C=O) groups excluding carboxylic acids is 2. The van der Waals surface area contributed by atoms with Crippen LogP contribution in [0.2, 0.25) is 0 Å². The standard InChI is InChI=1S/C16H21BrINO4/c1-10(18)22-14(20)13(19-15(21)23-16(2,3)4)9-11-5-7-12(17)8-6-11/h5-8,10,13H,9H2,1-4H3,(H,19,21)/t10?,13-/m1/s1. The van der Waals surface area contributed by atoms with Crippen LogP contribution < -0.4 is 5.32 Å². The quantitative estimate of drug-likeness (QED) is 0.376. The van der Waals surface area contributed by atoms with Gasteiger partial charge in [-0.1, -0.05) is 28.1 Å². The van der Waals surface area contributed by atoms with E-state index in [1.54, 1.807) is 27.7 Å². The normalized spacial score (nSPS) is 13.8. The van der Waals surface area contributed by atoms with E-state index in [-0.39, 0.29) is 4.11 Å². The molecule has 1 amide bonds. The molecule has 1 N–H and O–H groups in total. The third kappa shape index (κ3) is 8.55. The number of esters is 1. The van der Waals surface area contributed by atoms with Crippen molar-refractivity contribution in [1.29, 1.82) is 0 Å². The predicted molar refractivity (Wildman–Crippen MR) is 101 cm³/mol. The molecule has 0 heterocycles. The lowest BCUT2D eigenvalue weighted by Crippen LogP contribution is -2.45. The molecule has 0 saturated carbocycles. The fourth-order valence-corrected chi connectivity index (χ4v) is 2.26. The van der Waals surface area contributed by atoms with Gasteiger partial charge in [-0.25, -0.2) is 9.59 Å². The first-order valence-corrected chi connectivity index (χ1v) is 9.19. The Kier molecular flexibility index (Phi) is 7.79. The predicted octanol–water partition coefficient (Wildman–Crippen LogP) is 4.21. The number of hydrogen-bond acceptors (Lipinski definition) is 4. The van der Waals surface area contributed by atoms with Crippen molar-refractivity contribution in [1.82, 2.24) is 5.32 Å². The van der Waals surface area contributed by atoms with Gasteiger partial charge in [-0.05, 0) is 68.0 Å². The first-order valence-electron chi connectivity index (χ1n) is 7.15. The number of hydrogen-bond donors (Lipinski definition) is 1. The lowest BCUT2D eigenvalue weighted by Gasteiger charge is -2.23. The van der Waals surface area contributed by atoms with Crippen LogP contribution in [0, 0.1) is 0 Å². The number of benzene rings is 1. The Balaban J connectivity index is 2.82. The summed E-state index contributed by atoms with van der Waals surface area (Å²) in [6, 6.07) is 6.73. The fourth-order valence-electron chi connectivity index (χ4n) is 1.74.